The molecule has 0 bridgehead atoms. The Morgan fingerprint density at radius 1 is 0.702 bits per heavy atom. The molecule has 260 valence electrons. The molecule has 2 aromatic rings. The van der Waals surface area contributed by atoms with Crippen LogP contribution in [0.1, 0.15) is 112 Å². The van der Waals surface area contributed by atoms with Crippen LogP contribution in [0.2, 0.25) is 0 Å². The Balaban J connectivity index is 1.09. The van der Waals surface area contributed by atoms with E-state index in [1.54, 1.807) is 6.92 Å². The number of halogens is 9. The van der Waals surface area contributed by atoms with Crippen molar-refractivity contribution in [1.29, 1.82) is 0 Å². The summed E-state index contributed by atoms with van der Waals surface area (Å²) in [5, 5.41) is 0. The van der Waals surface area contributed by atoms with Crippen molar-refractivity contribution in [3.63, 3.8) is 0 Å². The second-order valence-electron chi connectivity index (χ2n) is 13.4. The highest BCUT2D eigenvalue weighted by Crippen LogP contribution is 2.47. The maximum absolute atomic E-state index is 15.3. The zero-order valence-corrected chi connectivity index (χ0v) is 27.2. The first-order valence-corrected chi connectivity index (χ1v) is 17.8. The molecule has 0 amide bonds. The molecular formula is C36H41F9OS. The highest BCUT2D eigenvalue weighted by Gasteiger charge is 2.46. The maximum atomic E-state index is 15.3. The van der Waals surface area contributed by atoms with Gasteiger partial charge in [-0.15, -0.1) is 0 Å². The molecule has 1 nitrogen and oxygen atoms in total. The second kappa shape index (κ2) is 15.6. The average Bonchev–Trinajstić information content (AvgIpc) is 3.05. The Bertz CT molecular complexity index is 1360. The molecule has 0 heterocycles. The van der Waals surface area contributed by atoms with Crippen LogP contribution < -0.4 is 0 Å². The van der Waals surface area contributed by atoms with Gasteiger partial charge in [-0.1, -0.05) is 6.92 Å². The standard InChI is InChI=1S/C36H41F9OS/c1-2-47-19-32(41)34(42)25-17-28(37)33(29(38)18-25)23-7-11-26(12-8-23)36(44,45)46-27-13-9-21(10-14-27)20-3-5-22(6-4-20)24-15-30(39)35(43)31(40)16-24/h15-18,20-23,26-27H,2-14,19H2,1H3. The van der Waals surface area contributed by atoms with E-state index >= 15 is 8.78 Å². The minimum absolute atomic E-state index is 0.00979. The van der Waals surface area contributed by atoms with E-state index in [9.17, 15) is 30.7 Å². The third-order valence-corrected chi connectivity index (χ3v) is 11.4. The Kier molecular flexibility index (Phi) is 12.0. The molecule has 47 heavy (non-hydrogen) atoms. The highest BCUT2D eigenvalue weighted by atomic mass is 32.2. The minimum Gasteiger partial charge on any atom is -0.317 e. The van der Waals surface area contributed by atoms with Gasteiger partial charge in [-0.25, -0.2) is 30.7 Å². The Morgan fingerprint density at radius 3 is 1.74 bits per heavy atom. The van der Waals surface area contributed by atoms with Crippen molar-refractivity contribution in [3.05, 3.63) is 75.9 Å². The molecule has 5 rings (SSSR count). The Morgan fingerprint density at radius 2 is 1.21 bits per heavy atom. The number of benzene rings is 2. The molecule has 0 unspecified atom stereocenters. The van der Waals surface area contributed by atoms with Crippen LogP contribution in [0, 0.1) is 46.8 Å². The zero-order chi connectivity index (χ0) is 33.9. The summed E-state index contributed by atoms with van der Waals surface area (Å²) in [4.78, 5) is 0. The van der Waals surface area contributed by atoms with Crippen molar-refractivity contribution in [2.45, 2.75) is 108 Å². The molecule has 2 aromatic carbocycles. The molecule has 0 saturated heterocycles. The summed E-state index contributed by atoms with van der Waals surface area (Å²) in [5.41, 5.74) is -0.331. The van der Waals surface area contributed by atoms with Gasteiger partial charge in [-0.05, 0) is 136 Å². The van der Waals surface area contributed by atoms with Gasteiger partial charge in [-0.3, -0.25) is 0 Å². The van der Waals surface area contributed by atoms with Crippen LogP contribution in [0.25, 0.3) is 5.83 Å². The van der Waals surface area contributed by atoms with Gasteiger partial charge in [0.1, 0.15) is 17.5 Å². The summed E-state index contributed by atoms with van der Waals surface area (Å²) in [6.45, 7) is 1.77. The Hall–Kier alpha value is -2.14. The van der Waals surface area contributed by atoms with Crippen LogP contribution in [0.4, 0.5) is 39.5 Å². The number of hydrogen-bond acceptors (Lipinski definition) is 2. The monoisotopic (exact) mass is 692 g/mol. The number of thioether (sulfide) groups is 1. The van der Waals surface area contributed by atoms with Crippen molar-refractivity contribution in [1.82, 2.24) is 0 Å². The maximum Gasteiger partial charge on any atom is 0.358 e. The fraction of sp³-hybridized carbons (Fsp3) is 0.611. The predicted octanol–water partition coefficient (Wildman–Crippen LogP) is 12.2. The third-order valence-electron chi connectivity index (χ3n) is 10.6. The summed E-state index contributed by atoms with van der Waals surface area (Å²) >= 11 is 1.13. The van der Waals surface area contributed by atoms with E-state index in [4.69, 9.17) is 4.74 Å². The van der Waals surface area contributed by atoms with Crippen LogP contribution in [0.3, 0.4) is 0 Å². The van der Waals surface area contributed by atoms with Gasteiger partial charge >= 0.3 is 6.11 Å². The molecule has 3 aliphatic carbocycles. The van der Waals surface area contributed by atoms with Gasteiger partial charge < -0.3 is 4.74 Å². The zero-order valence-electron chi connectivity index (χ0n) is 26.4. The fourth-order valence-electron chi connectivity index (χ4n) is 7.96. The van der Waals surface area contributed by atoms with E-state index in [1.807, 2.05) is 0 Å². The predicted molar refractivity (Wildman–Crippen MR) is 166 cm³/mol. The lowest BCUT2D eigenvalue weighted by molar-refractivity contribution is -0.301. The van der Waals surface area contributed by atoms with Gasteiger partial charge in [0.15, 0.2) is 23.3 Å². The highest BCUT2D eigenvalue weighted by molar-refractivity contribution is 7.99. The topological polar surface area (TPSA) is 9.23 Å². The van der Waals surface area contributed by atoms with Gasteiger partial charge in [0.2, 0.25) is 0 Å². The van der Waals surface area contributed by atoms with E-state index in [-0.39, 0.29) is 42.9 Å². The van der Waals surface area contributed by atoms with Crippen LogP contribution in [0.5, 0.6) is 0 Å². The molecule has 3 fully saturated rings. The third kappa shape index (κ3) is 8.54. The molecule has 0 radical (unpaired) electrons. The first-order chi connectivity index (χ1) is 22.4. The Labute approximate surface area is 274 Å². The van der Waals surface area contributed by atoms with E-state index in [1.165, 1.54) is 0 Å². The van der Waals surface area contributed by atoms with Crippen molar-refractivity contribution < 1.29 is 44.3 Å². The normalized spacial score (nSPS) is 27.9. The first-order valence-electron chi connectivity index (χ1n) is 16.7. The van der Waals surface area contributed by atoms with Crippen molar-refractivity contribution >= 4 is 17.6 Å². The van der Waals surface area contributed by atoms with Crippen LogP contribution in [-0.4, -0.2) is 23.7 Å². The van der Waals surface area contributed by atoms with Crippen molar-refractivity contribution in [2.24, 2.45) is 17.8 Å². The molecular weight excluding hydrogens is 651 g/mol. The number of rotatable bonds is 10. The van der Waals surface area contributed by atoms with Gasteiger partial charge in [0.25, 0.3) is 0 Å². The van der Waals surface area contributed by atoms with Gasteiger partial charge in [0, 0.05) is 16.9 Å². The molecule has 3 aliphatic rings. The molecule has 11 heteroatoms. The van der Waals surface area contributed by atoms with E-state index < -0.39 is 70.4 Å². The quantitative estimate of drug-likeness (QED) is 0.181. The van der Waals surface area contributed by atoms with E-state index in [0.717, 1.165) is 74.6 Å². The largest absolute Gasteiger partial charge is 0.358 e. The number of alkyl halides is 2. The fourth-order valence-corrected chi connectivity index (χ4v) is 8.47. The summed E-state index contributed by atoms with van der Waals surface area (Å²) in [6.07, 6.45) is 1.91. The molecule has 0 spiro atoms. The molecule has 0 N–H and O–H groups in total. The van der Waals surface area contributed by atoms with E-state index in [2.05, 4.69) is 0 Å². The number of ether oxygens (including phenoxy) is 1. The second-order valence-corrected chi connectivity index (χ2v) is 14.7. The SMILES string of the molecule is CCSCC(F)=C(F)c1cc(F)c(C2CCC(C(F)(F)OC3CCC(C4CCC(c5cc(F)c(F)c(F)c5)CC4)CC3)CC2)c(F)c1. The summed E-state index contributed by atoms with van der Waals surface area (Å²) in [7, 11) is 0. The summed E-state index contributed by atoms with van der Waals surface area (Å²) in [5.74, 6) is -9.00. The van der Waals surface area contributed by atoms with Crippen LogP contribution in [0.15, 0.2) is 30.1 Å². The molecule has 0 aliphatic heterocycles. The lowest BCUT2D eigenvalue weighted by Gasteiger charge is -2.40. The number of hydrogen-bond donors (Lipinski definition) is 0. The van der Waals surface area contributed by atoms with Crippen LogP contribution in [-0.2, 0) is 4.74 Å². The first kappa shape index (κ1) is 36.1. The van der Waals surface area contributed by atoms with Crippen molar-refractivity contribution in [2.75, 3.05) is 11.5 Å². The average molecular weight is 693 g/mol. The molecule has 0 aromatic heterocycles. The van der Waals surface area contributed by atoms with Crippen molar-refractivity contribution in [3.8, 4) is 0 Å². The lowest BCUT2D eigenvalue weighted by atomic mass is 9.69. The minimum atomic E-state index is -3.39. The lowest BCUT2D eigenvalue weighted by Crippen LogP contribution is -2.39. The smallest absolute Gasteiger partial charge is 0.317 e. The summed E-state index contributed by atoms with van der Waals surface area (Å²) < 4.78 is 135. The van der Waals surface area contributed by atoms with E-state index in [0.29, 0.717) is 36.0 Å². The van der Waals surface area contributed by atoms with Gasteiger partial charge in [-0.2, -0.15) is 20.5 Å². The van der Waals surface area contributed by atoms with Crippen LogP contribution >= 0.6 is 11.8 Å². The molecule has 3 saturated carbocycles. The van der Waals surface area contributed by atoms with Gasteiger partial charge in [0.05, 0.1) is 12.0 Å². The summed E-state index contributed by atoms with van der Waals surface area (Å²) in [6, 6.07) is 3.68. The molecule has 0 atom stereocenters.